The van der Waals surface area contributed by atoms with Crippen LogP contribution in [0.2, 0.25) is 0 Å². The van der Waals surface area contributed by atoms with Crippen molar-refractivity contribution in [2.24, 2.45) is 0 Å². The van der Waals surface area contributed by atoms with Gasteiger partial charge in [-0.05, 0) is 22.8 Å². The van der Waals surface area contributed by atoms with E-state index in [1.165, 1.54) is 16.2 Å². The molecule has 0 saturated heterocycles. The molecule has 0 amide bonds. The zero-order chi connectivity index (χ0) is 11.0. The van der Waals surface area contributed by atoms with Crippen LogP contribution in [0.4, 0.5) is 0 Å². The minimum Gasteiger partial charge on any atom is -0.0622 e. The van der Waals surface area contributed by atoms with Crippen molar-refractivity contribution in [3.8, 4) is 0 Å². The first kappa shape index (κ1) is 9.81. The monoisotopic (exact) mass is 225 g/mol. The van der Waals surface area contributed by atoms with Crippen molar-refractivity contribution in [3.05, 3.63) is 66.0 Å². The minimum atomic E-state index is -1.24. The summed E-state index contributed by atoms with van der Waals surface area (Å²) in [6, 6.07) is 19.6. The highest BCUT2D eigenvalue weighted by atomic mass is 31.2. The van der Waals surface area contributed by atoms with Gasteiger partial charge in [0, 0.05) is 0 Å². The molecule has 1 unspecified atom stereocenters. The summed E-state index contributed by atoms with van der Waals surface area (Å²) in [7, 11) is -1.24. The van der Waals surface area contributed by atoms with Gasteiger partial charge in [0.05, 0.1) is 0 Å². The molecule has 0 aliphatic carbocycles. The van der Waals surface area contributed by atoms with Crippen molar-refractivity contribution in [1.82, 2.24) is 0 Å². The predicted molar refractivity (Wildman–Crippen MR) is 74.0 cm³/mol. The van der Waals surface area contributed by atoms with Crippen LogP contribution in [0.25, 0.3) is 6.08 Å². The number of benzene rings is 2. The van der Waals surface area contributed by atoms with Gasteiger partial charge < -0.3 is 0 Å². The Morgan fingerprint density at radius 2 is 1.50 bits per heavy atom. The van der Waals surface area contributed by atoms with E-state index in [2.05, 4.69) is 73.2 Å². The molecule has 1 heteroatoms. The highest BCUT2D eigenvalue weighted by molar-refractivity contribution is 7.92. The van der Waals surface area contributed by atoms with Crippen LogP contribution in [0.5, 0.6) is 0 Å². The molecule has 0 N–H and O–H groups in total. The normalized spacial score (nSPS) is 22.1. The molecule has 1 aliphatic heterocycles. The predicted octanol–water partition coefficient (Wildman–Crippen LogP) is 3.27. The molecular weight excluding hydrogens is 211 g/mol. The van der Waals surface area contributed by atoms with Crippen LogP contribution in [0.15, 0.2) is 60.4 Å². The van der Waals surface area contributed by atoms with Crippen LogP contribution in [0, 0.1) is 0 Å². The maximum Gasteiger partial charge on any atom is -0.0133 e. The van der Waals surface area contributed by atoms with Crippen molar-refractivity contribution in [2.45, 2.75) is 0 Å². The SMILES string of the molecule is C[P]1(c2ccccc2)C=Cc2ccccc21. The Balaban J connectivity index is 2.19. The molecule has 79 valence electrons. The fourth-order valence-electron chi connectivity index (χ4n) is 2.32. The number of hydrogen-bond donors (Lipinski definition) is 0. The Kier molecular flexibility index (Phi) is 2.19. The third kappa shape index (κ3) is 1.34. The second-order valence-corrected chi connectivity index (χ2v) is 7.73. The summed E-state index contributed by atoms with van der Waals surface area (Å²) in [5.74, 6) is 2.41. The third-order valence-corrected chi connectivity index (χ3v) is 6.81. The van der Waals surface area contributed by atoms with Crippen molar-refractivity contribution in [3.63, 3.8) is 0 Å². The molecule has 1 atom stereocenters. The summed E-state index contributed by atoms with van der Waals surface area (Å²) >= 11 is 0. The average Bonchev–Trinajstić information content (AvgIpc) is 2.71. The standard InChI is InChI=1S/C15H14P/c1-16(14-8-3-2-4-9-14)12-11-13-7-5-6-10-15(13)16/h2-12H,1H3. The second kappa shape index (κ2) is 3.57. The van der Waals surface area contributed by atoms with E-state index in [-0.39, 0.29) is 0 Å². The number of fused-ring (bicyclic) bond motifs is 1. The lowest BCUT2D eigenvalue weighted by Crippen LogP contribution is -2.18. The molecule has 0 spiro atoms. The van der Waals surface area contributed by atoms with Crippen molar-refractivity contribution >= 4 is 23.9 Å². The van der Waals surface area contributed by atoms with E-state index >= 15 is 0 Å². The maximum atomic E-state index is 2.41. The van der Waals surface area contributed by atoms with E-state index < -0.39 is 7.26 Å². The summed E-state index contributed by atoms with van der Waals surface area (Å²) in [6.45, 7) is 2.39. The third-order valence-electron chi connectivity index (χ3n) is 3.28. The summed E-state index contributed by atoms with van der Waals surface area (Å²) in [4.78, 5) is 0. The Morgan fingerprint density at radius 3 is 2.31 bits per heavy atom. The van der Waals surface area contributed by atoms with Gasteiger partial charge in [-0.1, -0.05) is 73.8 Å². The highest BCUT2D eigenvalue weighted by Gasteiger charge is 2.28. The van der Waals surface area contributed by atoms with E-state index in [0.717, 1.165) is 0 Å². The lowest BCUT2D eigenvalue weighted by molar-refractivity contribution is 1.72. The molecular formula is C15H14P. The summed E-state index contributed by atoms with van der Waals surface area (Å²) in [5, 5.41) is 2.98. The lowest BCUT2D eigenvalue weighted by atomic mass is 10.2. The van der Waals surface area contributed by atoms with Gasteiger partial charge in [-0.25, -0.2) is 0 Å². The largest absolute Gasteiger partial charge is 0.0622 e. The van der Waals surface area contributed by atoms with E-state index in [0.29, 0.717) is 0 Å². The number of rotatable bonds is 1. The molecule has 16 heavy (non-hydrogen) atoms. The molecule has 1 radical (unpaired) electrons. The molecule has 2 aromatic carbocycles. The van der Waals surface area contributed by atoms with Crippen LogP contribution in [0.3, 0.4) is 0 Å². The molecule has 1 aliphatic rings. The van der Waals surface area contributed by atoms with Gasteiger partial charge in [0.25, 0.3) is 0 Å². The molecule has 0 saturated carbocycles. The second-order valence-electron chi connectivity index (χ2n) is 4.29. The first-order valence-electron chi connectivity index (χ1n) is 5.51. The Labute approximate surface area is 97.0 Å². The van der Waals surface area contributed by atoms with Gasteiger partial charge in [0.2, 0.25) is 0 Å². The van der Waals surface area contributed by atoms with E-state index in [1.807, 2.05) is 0 Å². The molecule has 0 aromatic heterocycles. The summed E-state index contributed by atoms with van der Waals surface area (Å²) in [6.07, 6.45) is 2.27. The Bertz CT molecular complexity index is 542. The smallest absolute Gasteiger partial charge is 0.0133 e. The quantitative estimate of drug-likeness (QED) is 0.653. The van der Waals surface area contributed by atoms with Crippen LogP contribution in [0.1, 0.15) is 5.56 Å². The molecule has 0 fully saturated rings. The average molecular weight is 225 g/mol. The Hall–Kier alpha value is -1.39. The molecule has 0 nitrogen and oxygen atoms in total. The minimum absolute atomic E-state index is 1.24. The van der Waals surface area contributed by atoms with Crippen molar-refractivity contribution in [1.29, 1.82) is 0 Å². The van der Waals surface area contributed by atoms with E-state index in [4.69, 9.17) is 0 Å². The van der Waals surface area contributed by atoms with Crippen LogP contribution < -0.4 is 10.6 Å². The fraction of sp³-hybridized carbons (Fsp3) is 0.0667. The summed E-state index contributed by atoms with van der Waals surface area (Å²) < 4.78 is 0. The van der Waals surface area contributed by atoms with Gasteiger partial charge in [0.1, 0.15) is 0 Å². The highest BCUT2D eigenvalue weighted by Crippen LogP contribution is 2.58. The van der Waals surface area contributed by atoms with E-state index in [1.54, 1.807) is 0 Å². The topological polar surface area (TPSA) is 0 Å². The van der Waals surface area contributed by atoms with Gasteiger partial charge in [-0.2, -0.15) is 0 Å². The van der Waals surface area contributed by atoms with Gasteiger partial charge in [-0.15, -0.1) is 0 Å². The maximum absolute atomic E-state index is 2.41. The summed E-state index contributed by atoms with van der Waals surface area (Å²) in [5.41, 5.74) is 1.39. The van der Waals surface area contributed by atoms with Gasteiger partial charge >= 0.3 is 0 Å². The van der Waals surface area contributed by atoms with Gasteiger partial charge in [0.15, 0.2) is 0 Å². The van der Waals surface area contributed by atoms with Crippen LogP contribution in [-0.2, 0) is 0 Å². The van der Waals surface area contributed by atoms with Crippen LogP contribution in [-0.4, -0.2) is 6.66 Å². The van der Waals surface area contributed by atoms with Crippen LogP contribution >= 0.6 is 7.26 Å². The lowest BCUT2D eigenvalue weighted by Gasteiger charge is -2.27. The van der Waals surface area contributed by atoms with Crippen molar-refractivity contribution in [2.75, 3.05) is 6.66 Å². The molecule has 2 aromatic rings. The number of hydrogen-bond acceptors (Lipinski definition) is 0. The van der Waals surface area contributed by atoms with E-state index in [9.17, 15) is 0 Å². The molecule has 0 bridgehead atoms. The first-order valence-corrected chi connectivity index (χ1v) is 7.82. The van der Waals surface area contributed by atoms with Crippen molar-refractivity contribution < 1.29 is 0 Å². The zero-order valence-electron chi connectivity index (χ0n) is 9.30. The first-order chi connectivity index (χ1) is 7.81. The Morgan fingerprint density at radius 1 is 0.812 bits per heavy atom. The molecule has 1 heterocycles. The fourth-order valence-corrected chi connectivity index (χ4v) is 5.27. The molecule has 3 rings (SSSR count). The zero-order valence-corrected chi connectivity index (χ0v) is 10.2. The van der Waals surface area contributed by atoms with Gasteiger partial charge in [-0.3, -0.25) is 0 Å².